The minimum atomic E-state index is -4.52. The van der Waals surface area contributed by atoms with Crippen LogP contribution in [0.15, 0.2) is 4.42 Å². The Bertz CT molecular complexity index is 318. The second kappa shape index (κ2) is 3.43. The molecule has 15 heavy (non-hydrogen) atoms. The van der Waals surface area contributed by atoms with Gasteiger partial charge in [0.25, 0.3) is 0 Å². The second-order valence-corrected chi connectivity index (χ2v) is 4.11. The van der Waals surface area contributed by atoms with Gasteiger partial charge in [-0.25, -0.2) is 0 Å². The van der Waals surface area contributed by atoms with Gasteiger partial charge in [0.15, 0.2) is 5.69 Å². The summed E-state index contributed by atoms with van der Waals surface area (Å²) in [6.45, 7) is 4.84. The fourth-order valence-corrected chi connectivity index (χ4v) is 1.09. The Hall–Kier alpha value is -1.20. The number of aromatic nitrogens is 1. The quantitative estimate of drug-likeness (QED) is 0.734. The predicted molar refractivity (Wildman–Crippen MR) is 46.8 cm³/mol. The molecule has 0 bridgehead atoms. The molecular weight excluding hydrogens is 211 g/mol. The summed E-state index contributed by atoms with van der Waals surface area (Å²) in [5.74, 6) is -0.216. The van der Waals surface area contributed by atoms with Gasteiger partial charge in [0, 0.05) is 5.41 Å². The van der Waals surface area contributed by atoms with Crippen molar-refractivity contribution in [3.8, 4) is 6.08 Å². The number of rotatable bonds is 1. The third-order valence-electron chi connectivity index (χ3n) is 1.73. The fourth-order valence-electron chi connectivity index (χ4n) is 1.09. The normalized spacial score (nSPS) is 13.0. The highest BCUT2D eigenvalue weighted by molar-refractivity contribution is 5.22. The topological polar surface area (TPSA) is 35.3 Å². The van der Waals surface area contributed by atoms with Crippen molar-refractivity contribution < 1.29 is 22.3 Å². The lowest BCUT2D eigenvalue weighted by molar-refractivity contribution is -0.142. The highest BCUT2D eigenvalue weighted by Crippen LogP contribution is 2.38. The Balaban J connectivity index is 3.31. The molecule has 0 radical (unpaired) electrons. The van der Waals surface area contributed by atoms with Crippen LogP contribution in [0.2, 0.25) is 0 Å². The van der Waals surface area contributed by atoms with Crippen LogP contribution in [0.25, 0.3) is 0 Å². The van der Waals surface area contributed by atoms with Crippen molar-refractivity contribution >= 4 is 0 Å². The molecule has 0 spiro atoms. The van der Waals surface area contributed by atoms with Crippen molar-refractivity contribution in [2.75, 3.05) is 7.11 Å². The molecule has 6 heteroatoms. The van der Waals surface area contributed by atoms with E-state index >= 15 is 0 Å². The fraction of sp³-hybridized carbons (Fsp3) is 0.667. The second-order valence-electron chi connectivity index (χ2n) is 4.11. The number of alkyl halides is 3. The third kappa shape index (κ3) is 2.43. The van der Waals surface area contributed by atoms with E-state index in [9.17, 15) is 13.2 Å². The van der Waals surface area contributed by atoms with Gasteiger partial charge in [-0.15, -0.1) is 0 Å². The summed E-state index contributed by atoms with van der Waals surface area (Å²) < 4.78 is 47.1. The number of methoxy groups -OCH3 is 1. The van der Waals surface area contributed by atoms with Gasteiger partial charge in [-0.05, 0) is 0 Å². The van der Waals surface area contributed by atoms with Gasteiger partial charge in [0.1, 0.15) is 5.76 Å². The zero-order chi connectivity index (χ0) is 11.9. The molecule has 0 aliphatic heterocycles. The molecule has 0 aliphatic rings. The van der Waals surface area contributed by atoms with E-state index in [2.05, 4.69) is 9.72 Å². The first-order valence-electron chi connectivity index (χ1n) is 4.28. The minimum absolute atomic E-state index is 0.216. The van der Waals surface area contributed by atoms with E-state index in [1.54, 1.807) is 20.8 Å². The van der Waals surface area contributed by atoms with Crippen molar-refractivity contribution in [3.63, 3.8) is 0 Å². The standard InChI is InChI=1S/C9H12F3NO2/c1-8(2,3)6-5(9(10,11)12)13-7(14-4)15-6/h1-4H3. The van der Waals surface area contributed by atoms with Crippen molar-refractivity contribution in [2.45, 2.75) is 32.4 Å². The van der Waals surface area contributed by atoms with E-state index in [0.29, 0.717) is 0 Å². The SMILES string of the molecule is COc1nc(C(F)(F)F)c(C(C)(C)C)o1. The molecule has 0 aliphatic carbocycles. The minimum Gasteiger partial charge on any atom is -0.454 e. The third-order valence-corrected chi connectivity index (χ3v) is 1.73. The molecule has 0 unspecified atom stereocenters. The summed E-state index contributed by atoms with van der Waals surface area (Å²) in [5.41, 5.74) is -1.79. The van der Waals surface area contributed by atoms with Crippen LogP contribution < -0.4 is 4.74 Å². The van der Waals surface area contributed by atoms with Crippen LogP contribution in [0.4, 0.5) is 13.2 Å². The summed E-state index contributed by atoms with van der Waals surface area (Å²) in [6, 6.07) is 0. The van der Waals surface area contributed by atoms with Crippen molar-refractivity contribution in [1.29, 1.82) is 0 Å². The van der Waals surface area contributed by atoms with E-state index in [0.717, 1.165) is 0 Å². The van der Waals surface area contributed by atoms with Crippen LogP contribution in [0, 0.1) is 0 Å². The first-order valence-corrected chi connectivity index (χ1v) is 4.28. The molecule has 3 nitrogen and oxygen atoms in total. The van der Waals surface area contributed by atoms with Crippen LogP contribution in [0.3, 0.4) is 0 Å². The Morgan fingerprint density at radius 1 is 1.20 bits per heavy atom. The Morgan fingerprint density at radius 2 is 1.73 bits per heavy atom. The van der Waals surface area contributed by atoms with Gasteiger partial charge >= 0.3 is 12.3 Å². The van der Waals surface area contributed by atoms with Crippen LogP contribution in [-0.2, 0) is 11.6 Å². The summed E-state index contributed by atoms with van der Waals surface area (Å²) in [7, 11) is 1.21. The predicted octanol–water partition coefficient (Wildman–Crippen LogP) is 3.00. The van der Waals surface area contributed by atoms with Gasteiger partial charge in [0.2, 0.25) is 0 Å². The summed E-state index contributed by atoms with van der Waals surface area (Å²) >= 11 is 0. The first-order chi connectivity index (χ1) is 6.66. The molecule has 0 fully saturated rings. The van der Waals surface area contributed by atoms with Crippen molar-refractivity contribution in [2.24, 2.45) is 0 Å². The van der Waals surface area contributed by atoms with Gasteiger partial charge in [-0.1, -0.05) is 20.8 Å². The van der Waals surface area contributed by atoms with Crippen LogP contribution >= 0.6 is 0 Å². The molecule has 1 aromatic heterocycles. The molecule has 0 saturated carbocycles. The van der Waals surface area contributed by atoms with Crippen molar-refractivity contribution in [3.05, 3.63) is 11.5 Å². The maximum Gasteiger partial charge on any atom is 0.437 e. The summed E-state index contributed by atoms with van der Waals surface area (Å²) in [5, 5.41) is 0. The largest absolute Gasteiger partial charge is 0.454 e. The number of hydrogen-bond acceptors (Lipinski definition) is 3. The average Bonchev–Trinajstić information content (AvgIpc) is 2.44. The highest BCUT2D eigenvalue weighted by atomic mass is 19.4. The first kappa shape index (κ1) is 11.9. The van der Waals surface area contributed by atoms with E-state index in [4.69, 9.17) is 4.42 Å². The number of hydrogen-bond donors (Lipinski definition) is 0. The lowest BCUT2D eigenvalue weighted by Gasteiger charge is -2.16. The van der Waals surface area contributed by atoms with Crippen molar-refractivity contribution in [1.82, 2.24) is 4.98 Å². The molecule has 0 atom stereocenters. The van der Waals surface area contributed by atoms with E-state index in [1.165, 1.54) is 7.11 Å². The summed E-state index contributed by atoms with van der Waals surface area (Å²) in [4.78, 5) is 3.25. The Kier molecular flexibility index (Phi) is 2.71. The molecule has 0 amide bonds. The number of halogens is 3. The zero-order valence-corrected chi connectivity index (χ0v) is 8.90. The summed E-state index contributed by atoms with van der Waals surface area (Å²) in [6.07, 6.45) is -4.89. The molecule has 0 N–H and O–H groups in total. The van der Waals surface area contributed by atoms with Gasteiger partial charge in [-0.2, -0.15) is 18.2 Å². The average molecular weight is 223 g/mol. The van der Waals surface area contributed by atoms with Crippen LogP contribution in [0.5, 0.6) is 6.08 Å². The lowest BCUT2D eigenvalue weighted by Crippen LogP contribution is -2.18. The smallest absolute Gasteiger partial charge is 0.437 e. The van der Waals surface area contributed by atoms with E-state index < -0.39 is 17.3 Å². The monoisotopic (exact) mass is 223 g/mol. The number of nitrogens with zero attached hydrogens (tertiary/aromatic N) is 1. The van der Waals surface area contributed by atoms with E-state index in [-0.39, 0.29) is 11.8 Å². The van der Waals surface area contributed by atoms with Crippen LogP contribution in [-0.4, -0.2) is 12.1 Å². The van der Waals surface area contributed by atoms with Gasteiger partial charge in [0.05, 0.1) is 7.11 Å². The number of oxazole rings is 1. The molecule has 1 heterocycles. The zero-order valence-electron chi connectivity index (χ0n) is 8.90. The van der Waals surface area contributed by atoms with Gasteiger partial charge in [-0.3, -0.25) is 0 Å². The maximum absolute atomic E-state index is 12.6. The molecule has 86 valence electrons. The van der Waals surface area contributed by atoms with Crippen LogP contribution in [0.1, 0.15) is 32.2 Å². The molecular formula is C9H12F3NO2. The molecule has 0 aromatic carbocycles. The molecule has 1 rings (SSSR count). The Morgan fingerprint density at radius 3 is 2.00 bits per heavy atom. The van der Waals surface area contributed by atoms with Gasteiger partial charge < -0.3 is 9.15 Å². The Labute approximate surface area is 85.2 Å². The lowest BCUT2D eigenvalue weighted by atomic mass is 9.92. The highest BCUT2D eigenvalue weighted by Gasteiger charge is 2.42. The maximum atomic E-state index is 12.6. The molecule has 1 aromatic rings. The van der Waals surface area contributed by atoms with E-state index in [1.807, 2.05) is 0 Å². The number of ether oxygens (including phenoxy) is 1. The molecule has 0 saturated heterocycles.